The van der Waals surface area contributed by atoms with E-state index < -0.39 is 6.10 Å². The van der Waals surface area contributed by atoms with Gasteiger partial charge in [-0.15, -0.1) is 0 Å². The molecule has 0 aliphatic heterocycles. The first-order valence-corrected chi connectivity index (χ1v) is 34.8. The lowest BCUT2D eigenvalue weighted by atomic mass is 10.0. The van der Waals surface area contributed by atoms with Crippen LogP contribution in [0.3, 0.4) is 0 Å². The number of hydrogen-bond donors (Lipinski definition) is 0. The van der Waals surface area contributed by atoms with Crippen LogP contribution in [-0.4, -0.2) is 37.2 Å². The summed E-state index contributed by atoms with van der Waals surface area (Å²) in [5.41, 5.74) is 0. The van der Waals surface area contributed by atoms with Crippen molar-refractivity contribution in [1.29, 1.82) is 0 Å². The fourth-order valence-electron chi connectivity index (χ4n) is 10.7. The number of allylic oxidation sites excluding steroid dienone is 4. The predicted octanol–water partition coefficient (Wildman–Crippen LogP) is 23.8. The summed E-state index contributed by atoms with van der Waals surface area (Å²) in [6.45, 7) is 6.72. The molecule has 1 atom stereocenters. The molecule has 6 heteroatoms. The van der Waals surface area contributed by atoms with Gasteiger partial charge in [0.1, 0.15) is 13.2 Å². The van der Waals surface area contributed by atoms with Crippen LogP contribution in [0.25, 0.3) is 0 Å². The van der Waals surface area contributed by atoms with Crippen LogP contribution < -0.4 is 0 Å². The summed E-state index contributed by atoms with van der Waals surface area (Å²) in [4.78, 5) is 38.4. The van der Waals surface area contributed by atoms with Gasteiger partial charge in [-0.2, -0.15) is 0 Å². The van der Waals surface area contributed by atoms with Gasteiger partial charge in [0.25, 0.3) is 0 Å². The fourth-order valence-corrected chi connectivity index (χ4v) is 10.7. The third-order valence-electron chi connectivity index (χ3n) is 15.9. The zero-order chi connectivity index (χ0) is 55.7. The van der Waals surface area contributed by atoms with Gasteiger partial charge < -0.3 is 14.2 Å². The Morgan fingerprint density at radius 3 is 0.649 bits per heavy atom. The van der Waals surface area contributed by atoms with Gasteiger partial charge in [0, 0.05) is 19.3 Å². The number of rotatable bonds is 65. The summed E-state index contributed by atoms with van der Waals surface area (Å²) >= 11 is 0. The molecule has 0 heterocycles. The van der Waals surface area contributed by atoms with Crippen molar-refractivity contribution in [2.45, 2.75) is 399 Å². The molecule has 1 unspecified atom stereocenters. The van der Waals surface area contributed by atoms with Gasteiger partial charge in [-0.1, -0.05) is 328 Å². The summed E-state index contributed by atoms with van der Waals surface area (Å²) in [6.07, 6.45) is 80.5. The van der Waals surface area contributed by atoms with Crippen LogP contribution in [-0.2, 0) is 28.6 Å². The molecule has 0 spiro atoms. The molecule has 0 fully saturated rings. The number of unbranched alkanes of at least 4 members (excludes halogenated alkanes) is 50. The lowest BCUT2D eigenvalue weighted by Gasteiger charge is -2.18. The van der Waals surface area contributed by atoms with Crippen LogP contribution in [0.4, 0.5) is 0 Å². The first kappa shape index (κ1) is 74.9. The molecule has 0 aliphatic carbocycles. The van der Waals surface area contributed by atoms with E-state index >= 15 is 0 Å². The van der Waals surface area contributed by atoms with Crippen molar-refractivity contribution in [2.75, 3.05) is 13.2 Å². The second kappa shape index (κ2) is 66.4. The van der Waals surface area contributed by atoms with Crippen LogP contribution in [0.5, 0.6) is 0 Å². The molecule has 0 N–H and O–H groups in total. The average molecular weight is 1080 g/mol. The van der Waals surface area contributed by atoms with Crippen LogP contribution in [0.1, 0.15) is 393 Å². The van der Waals surface area contributed by atoms with Crippen molar-refractivity contribution in [1.82, 2.24) is 0 Å². The van der Waals surface area contributed by atoms with Gasteiger partial charge in [-0.25, -0.2) is 0 Å². The second-order valence-electron chi connectivity index (χ2n) is 23.8. The van der Waals surface area contributed by atoms with Crippen LogP contribution >= 0.6 is 0 Å². The Balaban J connectivity index is 4.29. The molecule has 0 aromatic rings. The third kappa shape index (κ3) is 64.6. The van der Waals surface area contributed by atoms with Crippen molar-refractivity contribution >= 4 is 17.9 Å². The van der Waals surface area contributed by atoms with E-state index in [0.29, 0.717) is 19.3 Å². The molecule has 0 aromatic heterocycles. The van der Waals surface area contributed by atoms with E-state index in [2.05, 4.69) is 45.1 Å². The smallest absolute Gasteiger partial charge is 0.306 e. The van der Waals surface area contributed by atoms with Gasteiger partial charge in [0.05, 0.1) is 0 Å². The van der Waals surface area contributed by atoms with Gasteiger partial charge in [0.15, 0.2) is 6.10 Å². The standard InChI is InChI=1S/C71H134O6/c1-4-7-10-13-16-19-22-25-28-31-33-34-35-36-38-40-43-46-49-52-55-58-61-64-70(73)76-67-68(66-75-69(72)63-60-57-54-51-48-45-42-39-30-27-24-21-18-15-12-9-6-3)77-71(74)65-62-59-56-53-50-47-44-41-37-32-29-26-23-20-17-14-11-8-5-2/h26,29,31,33,68H,4-25,27-28,30,32,34-67H2,1-3H3/b29-26-,33-31-. The molecule has 0 amide bonds. The molecule has 0 saturated carbocycles. The third-order valence-corrected chi connectivity index (χ3v) is 15.9. The number of esters is 3. The summed E-state index contributed by atoms with van der Waals surface area (Å²) in [5.74, 6) is -0.837. The topological polar surface area (TPSA) is 78.9 Å². The molecule has 0 saturated heterocycles. The lowest BCUT2D eigenvalue weighted by Crippen LogP contribution is -2.30. The van der Waals surface area contributed by atoms with Crippen molar-refractivity contribution in [3.8, 4) is 0 Å². The number of carbonyl (C=O) groups excluding carboxylic acids is 3. The Kier molecular flexibility index (Phi) is 64.6. The molecule has 0 aliphatic rings. The highest BCUT2D eigenvalue weighted by Crippen LogP contribution is 2.18. The van der Waals surface area contributed by atoms with Crippen LogP contribution in [0, 0.1) is 0 Å². The first-order valence-electron chi connectivity index (χ1n) is 34.8. The van der Waals surface area contributed by atoms with Crippen molar-refractivity contribution in [2.24, 2.45) is 0 Å². The van der Waals surface area contributed by atoms with Gasteiger partial charge >= 0.3 is 17.9 Å². The molecular weight excluding hydrogens is 949 g/mol. The Labute approximate surface area is 481 Å². The largest absolute Gasteiger partial charge is 0.462 e. The summed E-state index contributed by atoms with van der Waals surface area (Å²) in [5, 5.41) is 0. The number of hydrogen-bond acceptors (Lipinski definition) is 6. The van der Waals surface area contributed by atoms with Crippen LogP contribution in [0.2, 0.25) is 0 Å². The van der Waals surface area contributed by atoms with Crippen molar-refractivity contribution in [3.05, 3.63) is 24.3 Å². The minimum Gasteiger partial charge on any atom is -0.462 e. The summed E-state index contributed by atoms with van der Waals surface area (Å²) in [7, 11) is 0. The maximum absolute atomic E-state index is 12.9. The first-order chi connectivity index (χ1) is 38.0. The average Bonchev–Trinajstić information content (AvgIpc) is 3.43. The van der Waals surface area contributed by atoms with Crippen molar-refractivity contribution < 1.29 is 28.6 Å². The Morgan fingerprint density at radius 2 is 0.429 bits per heavy atom. The zero-order valence-corrected chi connectivity index (χ0v) is 52.3. The van der Waals surface area contributed by atoms with E-state index in [1.165, 1.54) is 295 Å². The SMILES string of the molecule is CCCCCCCC/C=C\CCCCCCCCCCCC(=O)OC(COC(=O)CCCCCCCCCCCCC/C=C\CCCCCCCCCC)COC(=O)CCCCCCCCCCCCCCCCCCC. The Morgan fingerprint density at radius 1 is 0.247 bits per heavy atom. The second-order valence-corrected chi connectivity index (χ2v) is 23.8. The number of ether oxygens (including phenoxy) is 3. The van der Waals surface area contributed by atoms with E-state index in [-0.39, 0.29) is 31.1 Å². The molecule has 0 aromatic carbocycles. The summed E-state index contributed by atoms with van der Waals surface area (Å²) < 4.78 is 17.0. The predicted molar refractivity (Wildman–Crippen MR) is 335 cm³/mol. The summed E-state index contributed by atoms with van der Waals surface area (Å²) in [6, 6.07) is 0. The van der Waals surface area contributed by atoms with Gasteiger partial charge in [0.2, 0.25) is 0 Å². The molecule has 0 radical (unpaired) electrons. The lowest BCUT2D eigenvalue weighted by molar-refractivity contribution is -0.167. The normalized spacial score (nSPS) is 12.1. The van der Waals surface area contributed by atoms with Crippen LogP contribution in [0.15, 0.2) is 24.3 Å². The van der Waals surface area contributed by atoms with E-state index in [4.69, 9.17) is 14.2 Å². The molecule has 6 nitrogen and oxygen atoms in total. The maximum atomic E-state index is 12.9. The fraction of sp³-hybridized carbons (Fsp3) is 0.901. The molecule has 0 rings (SSSR count). The maximum Gasteiger partial charge on any atom is 0.306 e. The molecule has 454 valence electrons. The Bertz CT molecular complexity index is 1240. The Hall–Kier alpha value is -2.11. The monoisotopic (exact) mass is 1080 g/mol. The highest BCUT2D eigenvalue weighted by molar-refractivity contribution is 5.71. The molecule has 0 bridgehead atoms. The quantitative estimate of drug-likeness (QED) is 0.0261. The van der Waals surface area contributed by atoms with Gasteiger partial charge in [-0.3, -0.25) is 14.4 Å². The zero-order valence-electron chi connectivity index (χ0n) is 52.3. The van der Waals surface area contributed by atoms with E-state index in [1.54, 1.807) is 0 Å². The minimum atomic E-state index is -0.770. The minimum absolute atomic E-state index is 0.0664. The molecule has 77 heavy (non-hydrogen) atoms. The van der Waals surface area contributed by atoms with E-state index in [1.807, 2.05) is 0 Å². The highest BCUT2D eigenvalue weighted by atomic mass is 16.6. The number of carbonyl (C=O) groups is 3. The van der Waals surface area contributed by atoms with E-state index in [9.17, 15) is 14.4 Å². The van der Waals surface area contributed by atoms with Gasteiger partial charge in [-0.05, 0) is 70.6 Å². The molecular formula is C71H134O6. The van der Waals surface area contributed by atoms with E-state index in [0.717, 1.165) is 57.8 Å². The van der Waals surface area contributed by atoms with Crippen molar-refractivity contribution in [3.63, 3.8) is 0 Å². The highest BCUT2D eigenvalue weighted by Gasteiger charge is 2.19.